The van der Waals surface area contributed by atoms with E-state index in [2.05, 4.69) is 171 Å². The molecule has 4 heterocycles. The Morgan fingerprint density at radius 1 is 0.423 bits per heavy atom. The molecule has 244 valence electrons. The molecular weight excluding hydrogens is 657 g/mol. The van der Waals surface area contributed by atoms with E-state index < -0.39 is 0 Å². The molecule has 7 heteroatoms. The molecule has 0 atom stereocenters. The highest BCUT2D eigenvalue weighted by Gasteiger charge is 2.15. The van der Waals surface area contributed by atoms with Gasteiger partial charge in [-0.3, -0.25) is 0 Å². The first-order valence-electron chi connectivity index (χ1n) is 17.1. The normalized spacial score (nSPS) is 11.5. The van der Waals surface area contributed by atoms with Crippen molar-refractivity contribution in [3.8, 4) is 33.5 Å². The third-order valence-electron chi connectivity index (χ3n) is 9.62. The van der Waals surface area contributed by atoms with Crippen molar-refractivity contribution < 1.29 is 0 Å². The maximum absolute atomic E-state index is 5.08. The molecule has 0 bridgehead atoms. The minimum Gasteiger partial charge on any atom is -0.311 e. The number of thiophene rings is 1. The Labute approximate surface area is 303 Å². The van der Waals surface area contributed by atoms with Crippen LogP contribution in [0.5, 0.6) is 0 Å². The van der Waals surface area contributed by atoms with E-state index in [1.165, 1.54) is 15.5 Å². The SMILES string of the molecule is c1ccc2c(c1)sc1nc(-c3ccc(N(c4ccc(-c5ccc6ccnnc6c5)cc4)c4ccc(-c5ccc6ccnnc6c5)cc4)cc3)ccc12. The number of benzene rings is 6. The third kappa shape index (κ3) is 5.41. The zero-order valence-electron chi connectivity index (χ0n) is 27.8. The molecule has 6 nitrogen and oxygen atoms in total. The number of nitrogens with zero attached hydrogens (tertiary/aromatic N) is 6. The highest BCUT2D eigenvalue weighted by atomic mass is 32.1. The lowest BCUT2D eigenvalue weighted by molar-refractivity contribution is 1.08. The quantitative estimate of drug-likeness (QED) is 0.174. The van der Waals surface area contributed by atoms with Gasteiger partial charge in [0.2, 0.25) is 0 Å². The molecule has 0 saturated carbocycles. The molecule has 4 aromatic heterocycles. The molecule has 0 aliphatic carbocycles. The van der Waals surface area contributed by atoms with Crippen LogP contribution in [0.15, 0.2) is 170 Å². The summed E-state index contributed by atoms with van der Waals surface area (Å²) in [5.41, 5.74) is 11.4. The smallest absolute Gasteiger partial charge is 0.125 e. The van der Waals surface area contributed by atoms with E-state index in [1.54, 1.807) is 23.7 Å². The Hall–Kier alpha value is -6.83. The molecule has 0 amide bonds. The highest BCUT2D eigenvalue weighted by Crippen LogP contribution is 2.39. The molecule has 0 aliphatic heterocycles. The highest BCUT2D eigenvalue weighted by molar-refractivity contribution is 7.25. The summed E-state index contributed by atoms with van der Waals surface area (Å²) in [6.45, 7) is 0. The summed E-state index contributed by atoms with van der Waals surface area (Å²) in [6.07, 6.45) is 3.45. The van der Waals surface area contributed by atoms with Gasteiger partial charge in [-0.25, -0.2) is 4.98 Å². The topological polar surface area (TPSA) is 67.7 Å². The summed E-state index contributed by atoms with van der Waals surface area (Å²) in [5.74, 6) is 0. The van der Waals surface area contributed by atoms with Crippen molar-refractivity contribution in [2.45, 2.75) is 0 Å². The van der Waals surface area contributed by atoms with E-state index in [1.807, 2.05) is 12.1 Å². The van der Waals surface area contributed by atoms with Crippen molar-refractivity contribution >= 4 is 70.5 Å². The molecule has 0 aliphatic rings. The van der Waals surface area contributed by atoms with Crippen LogP contribution < -0.4 is 4.90 Å². The Morgan fingerprint density at radius 3 is 1.52 bits per heavy atom. The van der Waals surface area contributed by atoms with Gasteiger partial charge < -0.3 is 4.90 Å². The summed E-state index contributed by atoms with van der Waals surface area (Å²) < 4.78 is 1.26. The fourth-order valence-electron chi connectivity index (χ4n) is 6.92. The molecule has 52 heavy (non-hydrogen) atoms. The van der Waals surface area contributed by atoms with Crippen LogP contribution in [0, 0.1) is 0 Å². The fourth-order valence-corrected chi connectivity index (χ4v) is 8.00. The average Bonchev–Trinajstić information content (AvgIpc) is 3.59. The lowest BCUT2D eigenvalue weighted by Gasteiger charge is -2.26. The van der Waals surface area contributed by atoms with Gasteiger partial charge in [-0.1, -0.05) is 78.9 Å². The molecule has 0 saturated heterocycles. The number of rotatable bonds is 6. The Morgan fingerprint density at radius 2 is 0.942 bits per heavy atom. The van der Waals surface area contributed by atoms with Crippen LogP contribution in [0.3, 0.4) is 0 Å². The van der Waals surface area contributed by atoms with Gasteiger partial charge in [0.1, 0.15) is 4.83 Å². The Balaban J connectivity index is 1.02. The minimum absolute atomic E-state index is 0.880. The zero-order valence-corrected chi connectivity index (χ0v) is 28.6. The number of hydrogen-bond donors (Lipinski definition) is 0. The summed E-state index contributed by atoms with van der Waals surface area (Å²) >= 11 is 1.74. The number of fused-ring (bicyclic) bond motifs is 5. The van der Waals surface area contributed by atoms with Gasteiger partial charge in [0.15, 0.2) is 0 Å². The maximum Gasteiger partial charge on any atom is 0.125 e. The number of aromatic nitrogens is 5. The van der Waals surface area contributed by atoms with E-state index >= 15 is 0 Å². The molecule has 10 aromatic rings. The van der Waals surface area contributed by atoms with E-state index in [0.717, 1.165) is 77.2 Å². The molecule has 0 radical (unpaired) electrons. The van der Waals surface area contributed by atoms with Crippen LogP contribution in [0.1, 0.15) is 0 Å². The van der Waals surface area contributed by atoms with E-state index in [4.69, 9.17) is 4.98 Å². The molecule has 0 unspecified atom stereocenters. The number of pyridine rings is 1. The monoisotopic (exact) mass is 684 g/mol. The van der Waals surface area contributed by atoms with Crippen molar-refractivity contribution in [3.63, 3.8) is 0 Å². The van der Waals surface area contributed by atoms with Crippen LogP contribution in [-0.4, -0.2) is 25.4 Å². The fraction of sp³-hybridized carbons (Fsp3) is 0. The molecular formula is C45H28N6S. The Kier molecular flexibility index (Phi) is 7.22. The lowest BCUT2D eigenvalue weighted by Crippen LogP contribution is -2.09. The largest absolute Gasteiger partial charge is 0.311 e. The predicted molar refractivity (Wildman–Crippen MR) is 214 cm³/mol. The van der Waals surface area contributed by atoms with E-state index in [9.17, 15) is 0 Å². The van der Waals surface area contributed by atoms with Crippen molar-refractivity contribution in [1.82, 2.24) is 25.4 Å². The molecule has 10 rings (SSSR count). The van der Waals surface area contributed by atoms with Gasteiger partial charge >= 0.3 is 0 Å². The number of hydrogen-bond acceptors (Lipinski definition) is 7. The minimum atomic E-state index is 0.880. The van der Waals surface area contributed by atoms with E-state index in [0.29, 0.717) is 0 Å². The van der Waals surface area contributed by atoms with Gasteiger partial charge in [-0.2, -0.15) is 20.4 Å². The lowest BCUT2D eigenvalue weighted by atomic mass is 10.0. The van der Waals surface area contributed by atoms with Crippen LogP contribution in [-0.2, 0) is 0 Å². The first-order valence-corrected chi connectivity index (χ1v) is 17.9. The first-order chi connectivity index (χ1) is 25.7. The second-order valence-electron chi connectivity index (χ2n) is 12.7. The predicted octanol–water partition coefficient (Wildman–Crippen LogP) is 11.8. The molecule has 0 spiro atoms. The van der Waals surface area contributed by atoms with E-state index in [-0.39, 0.29) is 0 Å². The average molecular weight is 685 g/mol. The van der Waals surface area contributed by atoms with Gasteiger partial charge in [-0.15, -0.1) is 11.3 Å². The Bertz CT molecular complexity index is 2780. The summed E-state index contributed by atoms with van der Waals surface area (Å²) in [4.78, 5) is 8.42. The third-order valence-corrected chi connectivity index (χ3v) is 10.7. The summed E-state index contributed by atoms with van der Waals surface area (Å²) in [7, 11) is 0. The molecule has 0 fully saturated rings. The second-order valence-corrected chi connectivity index (χ2v) is 13.8. The maximum atomic E-state index is 5.08. The molecule has 6 aromatic carbocycles. The van der Waals surface area contributed by atoms with Crippen LogP contribution >= 0.6 is 11.3 Å². The van der Waals surface area contributed by atoms with Crippen LogP contribution in [0.25, 0.3) is 75.6 Å². The summed E-state index contributed by atoms with van der Waals surface area (Å²) in [6, 6.07) is 55.5. The van der Waals surface area contributed by atoms with Gasteiger partial charge in [-0.05, 0) is 101 Å². The zero-order chi connectivity index (χ0) is 34.4. The van der Waals surface area contributed by atoms with Crippen molar-refractivity contribution in [3.05, 3.63) is 170 Å². The van der Waals surface area contributed by atoms with Crippen LogP contribution in [0.4, 0.5) is 17.1 Å². The number of anilines is 3. The standard InChI is InChI=1S/C45H28N6S/c1-2-4-44-39(3-1)40-21-22-41(48-45(40)52-44)31-13-19-38(20-14-31)51(36-15-9-29(10-16-36)34-7-5-32-23-25-46-49-42(32)27-34)37-17-11-30(12-18-37)35-8-6-33-24-26-47-50-43(33)28-35/h1-28H. The molecule has 0 N–H and O–H groups in total. The van der Waals surface area contributed by atoms with Crippen LogP contribution in [0.2, 0.25) is 0 Å². The van der Waals surface area contributed by atoms with Crippen molar-refractivity contribution in [1.29, 1.82) is 0 Å². The van der Waals surface area contributed by atoms with Gasteiger partial charge in [0, 0.05) is 48.9 Å². The van der Waals surface area contributed by atoms with Crippen molar-refractivity contribution in [2.75, 3.05) is 4.90 Å². The van der Waals surface area contributed by atoms with Crippen molar-refractivity contribution in [2.24, 2.45) is 0 Å². The second kappa shape index (κ2) is 12.5. The summed E-state index contributed by atoms with van der Waals surface area (Å²) in [5, 5.41) is 21.4. The van der Waals surface area contributed by atoms with Gasteiger partial charge in [0.25, 0.3) is 0 Å². The van der Waals surface area contributed by atoms with Gasteiger partial charge in [0.05, 0.1) is 29.1 Å². The first kappa shape index (κ1) is 30.0.